The van der Waals surface area contributed by atoms with Crippen LogP contribution in [0, 0.1) is 0 Å². The Kier molecular flexibility index (Phi) is 12.1. The first kappa shape index (κ1) is 30.9. The monoisotopic (exact) mass is 552 g/mol. The van der Waals surface area contributed by atoms with Gasteiger partial charge in [-0.05, 0) is 59.7 Å². The average Bonchev–Trinajstić information content (AvgIpc) is 3.43. The molecule has 0 saturated carbocycles. The van der Waals surface area contributed by atoms with Crippen molar-refractivity contribution >= 4 is 22.4 Å². The van der Waals surface area contributed by atoms with Gasteiger partial charge in [0.1, 0.15) is 12.4 Å². The van der Waals surface area contributed by atoms with Gasteiger partial charge in [-0.1, -0.05) is 75.2 Å². The number of nitrogens with zero attached hydrogens (tertiary/aromatic N) is 2. The molecule has 7 heteroatoms. The summed E-state index contributed by atoms with van der Waals surface area (Å²) < 4.78 is 6.05. The molecule has 0 radical (unpaired) electrons. The second-order valence-electron chi connectivity index (χ2n) is 9.70. The zero-order valence-corrected chi connectivity index (χ0v) is 26.2. The number of rotatable bonds is 13. The van der Waals surface area contributed by atoms with Gasteiger partial charge in [0, 0.05) is 24.5 Å². The summed E-state index contributed by atoms with van der Waals surface area (Å²) in [5, 5.41) is 12.1. The minimum atomic E-state index is -0.913. The molecule has 0 fully saturated rings. The fraction of sp³-hybridized carbons (Fsp3) is 0.312. The van der Waals surface area contributed by atoms with E-state index in [4.69, 9.17) is 14.8 Å². The number of aromatic nitrogens is 1. The SMILES string of the molecule is CCCC(CCC)c1ccc(OCc2ccc(-c3csc(N(C)Cc4ccc(C(=O)O)cc4)n3)cc2)cc1.[H-].[Na+]. The van der Waals surface area contributed by atoms with E-state index in [-0.39, 0.29) is 31.0 Å². The van der Waals surface area contributed by atoms with Crippen LogP contribution in [-0.2, 0) is 13.2 Å². The number of hydrogen-bond acceptors (Lipinski definition) is 5. The van der Waals surface area contributed by atoms with Crippen molar-refractivity contribution in [1.29, 1.82) is 0 Å². The zero-order chi connectivity index (χ0) is 26.9. The molecule has 39 heavy (non-hydrogen) atoms. The van der Waals surface area contributed by atoms with E-state index in [1.54, 1.807) is 23.5 Å². The average molecular weight is 553 g/mol. The van der Waals surface area contributed by atoms with Crippen molar-refractivity contribution in [2.24, 2.45) is 0 Å². The van der Waals surface area contributed by atoms with Crippen LogP contribution in [0.2, 0.25) is 0 Å². The molecule has 1 heterocycles. The minimum Gasteiger partial charge on any atom is -1.00 e. The summed E-state index contributed by atoms with van der Waals surface area (Å²) in [6, 6.07) is 23.9. The maximum absolute atomic E-state index is 11.1. The molecular weight excluding hydrogens is 515 g/mol. The molecule has 4 rings (SSSR count). The van der Waals surface area contributed by atoms with Crippen molar-refractivity contribution in [3.8, 4) is 17.0 Å². The summed E-state index contributed by atoms with van der Waals surface area (Å²) in [7, 11) is 1.99. The number of carbonyl (C=O) groups is 1. The van der Waals surface area contributed by atoms with E-state index in [0.29, 0.717) is 24.6 Å². The minimum absolute atomic E-state index is 0. The van der Waals surface area contributed by atoms with Crippen molar-refractivity contribution in [2.75, 3.05) is 11.9 Å². The van der Waals surface area contributed by atoms with Crippen LogP contribution in [0.5, 0.6) is 5.75 Å². The quantitative estimate of drug-likeness (QED) is 0.221. The molecule has 1 aromatic heterocycles. The van der Waals surface area contributed by atoms with Crippen LogP contribution >= 0.6 is 11.3 Å². The number of thiazole rings is 1. The molecule has 0 aliphatic carbocycles. The standard InChI is InChI=1S/C32H36N2O3S.Na.H/c1-4-6-25(7-5-2)26-16-18-29(19-17-26)37-21-24-10-12-27(13-11-24)30-22-38-32(33-30)34(3)20-23-8-14-28(15-9-23)31(35)36;;/h8-19,22,25H,4-7,20-21H2,1-3H3,(H,35,36);;/q;+1;-1. The second-order valence-corrected chi connectivity index (χ2v) is 10.5. The van der Waals surface area contributed by atoms with Gasteiger partial charge in [0.15, 0.2) is 5.13 Å². The van der Waals surface area contributed by atoms with Crippen LogP contribution in [0.3, 0.4) is 0 Å². The molecule has 1 N–H and O–H groups in total. The van der Waals surface area contributed by atoms with E-state index in [1.165, 1.54) is 31.2 Å². The summed E-state index contributed by atoms with van der Waals surface area (Å²) in [6.07, 6.45) is 4.89. The number of hydrogen-bond donors (Lipinski definition) is 1. The number of carboxylic acids is 1. The maximum atomic E-state index is 11.1. The van der Waals surface area contributed by atoms with Gasteiger partial charge < -0.3 is 16.2 Å². The van der Waals surface area contributed by atoms with Gasteiger partial charge in [0.2, 0.25) is 0 Å². The Bertz CT molecular complexity index is 1310. The summed E-state index contributed by atoms with van der Waals surface area (Å²) in [4.78, 5) is 17.9. The predicted molar refractivity (Wildman–Crippen MR) is 158 cm³/mol. The van der Waals surface area contributed by atoms with E-state index < -0.39 is 5.97 Å². The Morgan fingerprint density at radius 2 is 1.56 bits per heavy atom. The summed E-state index contributed by atoms with van der Waals surface area (Å²) >= 11 is 1.60. The van der Waals surface area contributed by atoms with Gasteiger partial charge in [-0.25, -0.2) is 9.78 Å². The number of benzene rings is 3. The molecule has 0 saturated heterocycles. The number of aromatic carboxylic acids is 1. The largest absolute Gasteiger partial charge is 1.00 e. The molecule has 200 valence electrons. The van der Waals surface area contributed by atoms with Crippen molar-refractivity contribution in [3.05, 3.63) is 100 Å². The van der Waals surface area contributed by atoms with Crippen molar-refractivity contribution in [1.82, 2.24) is 4.98 Å². The predicted octanol–water partition coefficient (Wildman–Crippen LogP) is 5.52. The van der Waals surface area contributed by atoms with Crippen molar-refractivity contribution in [2.45, 2.75) is 58.6 Å². The Hall–Kier alpha value is -2.64. The summed E-state index contributed by atoms with van der Waals surface area (Å²) in [6.45, 7) is 5.69. The fourth-order valence-corrected chi connectivity index (χ4v) is 5.42. The topological polar surface area (TPSA) is 62.7 Å². The van der Waals surface area contributed by atoms with Gasteiger partial charge in [-0.3, -0.25) is 0 Å². The van der Waals surface area contributed by atoms with Crippen LogP contribution in [0.25, 0.3) is 11.3 Å². The second kappa shape index (κ2) is 15.2. The Morgan fingerprint density at radius 1 is 0.949 bits per heavy atom. The fourth-order valence-electron chi connectivity index (χ4n) is 4.62. The van der Waals surface area contributed by atoms with E-state index in [0.717, 1.165) is 33.3 Å². The smallest absolute Gasteiger partial charge is 1.00 e. The molecule has 0 unspecified atom stereocenters. The van der Waals surface area contributed by atoms with Crippen molar-refractivity contribution < 1.29 is 45.6 Å². The number of anilines is 1. The molecule has 4 aromatic rings. The van der Waals surface area contributed by atoms with E-state index in [9.17, 15) is 4.79 Å². The summed E-state index contributed by atoms with van der Waals surface area (Å²) in [5.41, 5.74) is 5.87. The molecule has 0 spiro atoms. The number of carboxylic acid groups (broad SMARTS) is 1. The molecule has 0 amide bonds. The molecular formula is C32H37N2NaO3S. The first-order chi connectivity index (χ1) is 18.5. The third kappa shape index (κ3) is 8.67. The van der Waals surface area contributed by atoms with Gasteiger partial charge in [0.05, 0.1) is 11.3 Å². The van der Waals surface area contributed by atoms with Crippen LogP contribution in [0.1, 0.15) is 73.9 Å². The number of ether oxygens (including phenoxy) is 1. The van der Waals surface area contributed by atoms with Gasteiger partial charge >= 0.3 is 35.5 Å². The van der Waals surface area contributed by atoms with Crippen LogP contribution in [0.15, 0.2) is 78.2 Å². The maximum Gasteiger partial charge on any atom is 1.00 e. The van der Waals surface area contributed by atoms with E-state index >= 15 is 0 Å². The normalized spacial score (nSPS) is 10.8. The zero-order valence-electron chi connectivity index (χ0n) is 24.4. The first-order valence-electron chi connectivity index (χ1n) is 13.3. The Balaban J connectivity index is 0.00000280. The van der Waals surface area contributed by atoms with Crippen molar-refractivity contribution in [3.63, 3.8) is 0 Å². The first-order valence-corrected chi connectivity index (χ1v) is 14.2. The Morgan fingerprint density at radius 3 is 2.15 bits per heavy atom. The molecule has 5 nitrogen and oxygen atoms in total. The van der Waals surface area contributed by atoms with Crippen LogP contribution < -0.4 is 39.2 Å². The third-order valence-corrected chi connectivity index (χ3v) is 7.68. The Labute approximate surface area is 259 Å². The van der Waals surface area contributed by atoms with Gasteiger partial charge in [-0.15, -0.1) is 11.3 Å². The molecule has 0 atom stereocenters. The van der Waals surface area contributed by atoms with Gasteiger partial charge in [0.25, 0.3) is 0 Å². The van der Waals surface area contributed by atoms with Gasteiger partial charge in [-0.2, -0.15) is 0 Å². The van der Waals surface area contributed by atoms with Crippen LogP contribution in [0.4, 0.5) is 5.13 Å². The van der Waals surface area contributed by atoms with E-state index in [1.807, 2.05) is 19.2 Å². The van der Waals surface area contributed by atoms with Crippen LogP contribution in [-0.4, -0.2) is 23.1 Å². The molecule has 0 bridgehead atoms. The third-order valence-electron chi connectivity index (χ3n) is 6.72. The van der Waals surface area contributed by atoms with E-state index in [2.05, 4.69) is 72.7 Å². The molecule has 0 aliphatic heterocycles. The summed E-state index contributed by atoms with van der Waals surface area (Å²) in [5.74, 6) is 0.626. The molecule has 0 aliphatic rings. The molecule has 3 aromatic carbocycles.